The maximum Gasteiger partial charge on any atom is 0.387 e. The van der Waals surface area contributed by atoms with Crippen LogP contribution in [0.1, 0.15) is 23.1 Å². The molecule has 0 aliphatic rings. The molecule has 1 aromatic carbocycles. The summed E-state index contributed by atoms with van der Waals surface area (Å²) in [5.41, 5.74) is 1.26. The van der Waals surface area contributed by atoms with E-state index in [2.05, 4.69) is 25.7 Å². The predicted octanol–water partition coefficient (Wildman–Crippen LogP) is 4.23. The second kappa shape index (κ2) is 6.45. The molecule has 0 unspecified atom stereocenters. The zero-order chi connectivity index (χ0) is 17.4. The molecule has 0 fully saturated rings. The number of fused-ring (bicyclic) bond motifs is 1. The lowest BCUT2D eigenvalue weighted by Gasteiger charge is -2.16. The molecule has 0 aliphatic heterocycles. The average Bonchev–Trinajstić information content (AvgIpc) is 2.82. The average molecular weight is 401 g/mol. The number of aliphatic hydroxyl groups is 1. The number of aromatic nitrogens is 2. The van der Waals surface area contributed by atoms with E-state index in [4.69, 9.17) is 0 Å². The van der Waals surface area contributed by atoms with Crippen molar-refractivity contribution in [3.8, 4) is 5.75 Å². The molecule has 0 saturated heterocycles. The number of para-hydroxylation sites is 1. The van der Waals surface area contributed by atoms with E-state index in [-0.39, 0.29) is 15.8 Å². The maximum atomic E-state index is 13.7. The summed E-state index contributed by atoms with van der Waals surface area (Å²) in [5, 5.41) is 10.7. The zero-order valence-corrected chi connectivity index (χ0v) is 14.0. The van der Waals surface area contributed by atoms with Gasteiger partial charge in [-0.25, -0.2) is 9.37 Å². The van der Waals surface area contributed by atoms with Gasteiger partial charge in [-0.2, -0.15) is 8.78 Å². The van der Waals surface area contributed by atoms with E-state index >= 15 is 0 Å². The summed E-state index contributed by atoms with van der Waals surface area (Å²) in [4.78, 5) is 4.21. The summed E-state index contributed by atoms with van der Waals surface area (Å²) >= 11 is 3.08. The van der Waals surface area contributed by atoms with E-state index in [0.717, 1.165) is 0 Å². The van der Waals surface area contributed by atoms with E-state index in [1.165, 1.54) is 34.9 Å². The van der Waals surface area contributed by atoms with Crippen molar-refractivity contribution in [1.29, 1.82) is 0 Å². The Hall–Kier alpha value is -2.06. The number of aryl methyl sites for hydroxylation is 1. The number of imidazole rings is 1. The third-order valence-corrected chi connectivity index (χ3v) is 4.16. The van der Waals surface area contributed by atoms with Crippen LogP contribution in [0.25, 0.3) is 5.65 Å². The molecule has 2 heterocycles. The summed E-state index contributed by atoms with van der Waals surface area (Å²) in [6, 6.07) is 7.18. The lowest BCUT2D eigenvalue weighted by atomic mass is 10.0. The number of benzene rings is 1. The highest BCUT2D eigenvalue weighted by Crippen LogP contribution is 2.33. The van der Waals surface area contributed by atoms with Gasteiger partial charge in [-0.15, -0.1) is 0 Å². The first-order valence-corrected chi connectivity index (χ1v) is 7.73. The van der Waals surface area contributed by atoms with E-state index in [1.54, 1.807) is 13.0 Å². The van der Waals surface area contributed by atoms with Gasteiger partial charge in [0.05, 0.1) is 15.9 Å². The maximum absolute atomic E-state index is 13.7. The molecule has 1 N–H and O–H groups in total. The van der Waals surface area contributed by atoms with Gasteiger partial charge < -0.3 is 9.84 Å². The number of halogens is 4. The highest BCUT2D eigenvalue weighted by Gasteiger charge is 2.23. The molecule has 0 radical (unpaired) electrons. The van der Waals surface area contributed by atoms with Crippen molar-refractivity contribution in [2.75, 3.05) is 0 Å². The number of ether oxygens (including phenoxy) is 1. The molecule has 4 nitrogen and oxygen atoms in total. The van der Waals surface area contributed by atoms with Crippen LogP contribution in [0.2, 0.25) is 0 Å². The van der Waals surface area contributed by atoms with Crippen LogP contribution in [-0.2, 0) is 0 Å². The number of nitrogens with zero attached hydrogens (tertiary/aromatic N) is 2. The van der Waals surface area contributed by atoms with Crippen molar-refractivity contribution in [3.63, 3.8) is 0 Å². The van der Waals surface area contributed by atoms with Crippen LogP contribution in [0.3, 0.4) is 0 Å². The van der Waals surface area contributed by atoms with Gasteiger partial charge in [-0.3, -0.25) is 4.40 Å². The van der Waals surface area contributed by atoms with Crippen LogP contribution in [0.4, 0.5) is 13.2 Å². The fourth-order valence-electron chi connectivity index (χ4n) is 2.56. The Kier molecular flexibility index (Phi) is 4.51. The Balaban J connectivity index is 2.14. The molecule has 24 heavy (non-hydrogen) atoms. The van der Waals surface area contributed by atoms with Gasteiger partial charge in [0.2, 0.25) is 0 Å². The second-order valence-electron chi connectivity index (χ2n) is 5.10. The van der Waals surface area contributed by atoms with Crippen molar-refractivity contribution < 1.29 is 23.0 Å². The zero-order valence-electron chi connectivity index (χ0n) is 12.4. The van der Waals surface area contributed by atoms with E-state index in [1.807, 2.05) is 0 Å². The Morgan fingerprint density at radius 2 is 2.00 bits per heavy atom. The highest BCUT2D eigenvalue weighted by molar-refractivity contribution is 9.10. The molecule has 0 spiro atoms. The fourth-order valence-corrected chi connectivity index (χ4v) is 2.88. The van der Waals surface area contributed by atoms with Crippen molar-refractivity contribution >= 4 is 21.6 Å². The number of aliphatic hydroxyl groups excluding tert-OH is 1. The molecule has 0 bridgehead atoms. The van der Waals surface area contributed by atoms with Crippen LogP contribution >= 0.6 is 15.9 Å². The smallest absolute Gasteiger partial charge is 0.387 e. The Labute approximate surface area is 143 Å². The fraction of sp³-hybridized carbons (Fsp3) is 0.188. The van der Waals surface area contributed by atoms with E-state index < -0.39 is 18.5 Å². The summed E-state index contributed by atoms with van der Waals surface area (Å²) in [7, 11) is 0. The first-order valence-electron chi connectivity index (χ1n) is 6.94. The lowest BCUT2D eigenvalue weighted by Crippen LogP contribution is -2.10. The van der Waals surface area contributed by atoms with Crippen molar-refractivity contribution in [1.82, 2.24) is 9.38 Å². The Bertz CT molecular complexity index is 898. The number of hydrogen-bond donors (Lipinski definition) is 1. The third-order valence-electron chi connectivity index (χ3n) is 3.57. The largest absolute Gasteiger partial charge is 0.434 e. The molecule has 0 aliphatic carbocycles. The third kappa shape index (κ3) is 2.99. The minimum atomic E-state index is -3.01. The molecular formula is C16H12BrF3N2O2. The summed E-state index contributed by atoms with van der Waals surface area (Å²) in [5.74, 6) is -0.620. The lowest BCUT2D eigenvalue weighted by molar-refractivity contribution is -0.0513. The molecule has 1 atom stereocenters. The van der Waals surface area contributed by atoms with Crippen molar-refractivity contribution in [2.24, 2.45) is 0 Å². The number of pyridine rings is 1. The number of hydrogen-bond acceptors (Lipinski definition) is 3. The van der Waals surface area contributed by atoms with Crippen LogP contribution in [0.5, 0.6) is 5.75 Å². The van der Waals surface area contributed by atoms with Gasteiger partial charge in [0.1, 0.15) is 23.3 Å². The Morgan fingerprint density at radius 3 is 2.71 bits per heavy atom. The second-order valence-corrected chi connectivity index (χ2v) is 5.95. The van der Waals surface area contributed by atoms with Gasteiger partial charge in [0.25, 0.3) is 0 Å². The minimum absolute atomic E-state index is 0.129. The standard InChI is InChI=1S/C16H12BrF3N2O2/c1-8-14(22-7-10(17)11(18)6-13(22)21-8)15(23)9-4-2-3-5-12(9)24-16(19)20/h2-7,15-16,23H,1H3/t15-/m0/s1. The Morgan fingerprint density at radius 1 is 1.29 bits per heavy atom. The summed E-state index contributed by atoms with van der Waals surface area (Å²) in [6.07, 6.45) is 0.159. The van der Waals surface area contributed by atoms with Gasteiger partial charge in [0.15, 0.2) is 0 Å². The van der Waals surface area contributed by atoms with Crippen molar-refractivity contribution in [3.05, 3.63) is 63.8 Å². The van der Waals surface area contributed by atoms with E-state index in [9.17, 15) is 18.3 Å². The molecule has 2 aromatic heterocycles. The van der Waals surface area contributed by atoms with Crippen LogP contribution in [0, 0.1) is 12.7 Å². The van der Waals surface area contributed by atoms with Gasteiger partial charge in [-0.05, 0) is 28.9 Å². The molecule has 3 aromatic rings. The van der Waals surface area contributed by atoms with Crippen LogP contribution in [-0.4, -0.2) is 21.1 Å². The molecule has 126 valence electrons. The van der Waals surface area contributed by atoms with Crippen LogP contribution in [0.15, 0.2) is 41.0 Å². The molecular weight excluding hydrogens is 389 g/mol. The van der Waals surface area contributed by atoms with Gasteiger partial charge >= 0.3 is 6.61 Å². The summed E-state index contributed by atoms with van der Waals surface area (Å²) < 4.78 is 45.0. The number of rotatable bonds is 4. The summed E-state index contributed by atoms with van der Waals surface area (Å²) in [6.45, 7) is -1.36. The van der Waals surface area contributed by atoms with Crippen LogP contribution < -0.4 is 4.74 Å². The van der Waals surface area contributed by atoms with Gasteiger partial charge in [-0.1, -0.05) is 18.2 Å². The molecule has 3 rings (SSSR count). The normalized spacial score (nSPS) is 12.8. The van der Waals surface area contributed by atoms with Crippen molar-refractivity contribution in [2.45, 2.75) is 19.6 Å². The predicted molar refractivity (Wildman–Crippen MR) is 84.7 cm³/mol. The minimum Gasteiger partial charge on any atom is -0.434 e. The number of alkyl halides is 2. The van der Waals surface area contributed by atoms with Gasteiger partial charge in [0, 0.05) is 17.8 Å². The SMILES string of the molecule is Cc1nc2cc(F)c(Br)cn2c1[C@@H](O)c1ccccc1OC(F)F. The first kappa shape index (κ1) is 16.8. The molecule has 8 heteroatoms. The monoisotopic (exact) mass is 400 g/mol. The topological polar surface area (TPSA) is 46.8 Å². The highest BCUT2D eigenvalue weighted by atomic mass is 79.9. The first-order chi connectivity index (χ1) is 11.4. The van der Waals surface area contributed by atoms with E-state index in [0.29, 0.717) is 17.0 Å². The molecule has 0 saturated carbocycles. The quantitative estimate of drug-likeness (QED) is 0.712. The molecule has 0 amide bonds.